The molecule has 0 atom stereocenters. The van der Waals surface area contributed by atoms with Gasteiger partial charge in [0, 0.05) is 6.54 Å². The lowest BCUT2D eigenvalue weighted by Crippen LogP contribution is -2.28. The zero-order chi connectivity index (χ0) is 6.91. The van der Waals surface area contributed by atoms with E-state index in [1.807, 2.05) is 6.08 Å². The minimum absolute atomic E-state index is 0.802. The van der Waals surface area contributed by atoms with Gasteiger partial charge in [0.1, 0.15) is 0 Å². The lowest BCUT2D eigenvalue weighted by Gasteiger charge is -2.23. The molecule has 1 nitrogen and oxygen atoms in total. The van der Waals surface area contributed by atoms with Crippen molar-refractivity contribution < 1.29 is 0 Å². The van der Waals surface area contributed by atoms with Crippen molar-refractivity contribution in [3.63, 3.8) is 0 Å². The van der Waals surface area contributed by atoms with Crippen LogP contribution in [0, 0.1) is 0 Å². The fourth-order valence-corrected chi connectivity index (χ4v) is 1.12. The van der Waals surface area contributed by atoms with E-state index in [9.17, 15) is 0 Å². The van der Waals surface area contributed by atoms with E-state index >= 15 is 0 Å². The third-order valence-electron chi connectivity index (χ3n) is 1.15. The lowest BCUT2D eigenvalue weighted by molar-refractivity contribution is 0.414. The van der Waals surface area contributed by atoms with E-state index in [0.29, 0.717) is 0 Å². The summed E-state index contributed by atoms with van der Waals surface area (Å²) in [5.74, 6) is 0. The predicted octanol–water partition coefficient (Wildman–Crippen LogP) is 2.53. The molecule has 1 rings (SSSR count). The quantitative estimate of drug-likeness (QED) is 0.415. The predicted molar refractivity (Wildman–Crippen MR) is 40.8 cm³/mol. The molecule has 0 unspecified atom stereocenters. The van der Waals surface area contributed by atoms with Crippen molar-refractivity contribution in [2.75, 3.05) is 6.54 Å². The van der Waals surface area contributed by atoms with E-state index in [0.717, 1.165) is 13.0 Å². The first-order valence-corrected chi connectivity index (χ1v) is 3.74. The van der Waals surface area contributed by atoms with E-state index in [-0.39, 0.29) is 0 Å². The molecule has 0 aliphatic carbocycles. The molecule has 52 valence electrons. The lowest BCUT2D eigenvalue weighted by atomic mass is 10.5. The van der Waals surface area contributed by atoms with Crippen molar-refractivity contribution in [3.05, 3.63) is 12.3 Å². The molecule has 4 heteroatoms. The standard InChI is InChI=1S/C5H6Cl3N/c6-5(7,8)9-3-1-2-4-9/h1,3H,2,4H2. The molecule has 0 radical (unpaired) electrons. The molecular formula is C5H6Cl3N. The Morgan fingerprint density at radius 2 is 2.00 bits per heavy atom. The Labute approximate surface area is 69.2 Å². The molecular weight excluding hydrogens is 180 g/mol. The van der Waals surface area contributed by atoms with Gasteiger partial charge in [0.2, 0.25) is 0 Å². The second-order valence-electron chi connectivity index (χ2n) is 1.83. The fraction of sp³-hybridized carbons (Fsp3) is 0.600. The second-order valence-corrected chi connectivity index (χ2v) is 4.06. The Morgan fingerprint density at radius 1 is 1.33 bits per heavy atom. The summed E-state index contributed by atoms with van der Waals surface area (Å²) < 4.78 is -1.26. The van der Waals surface area contributed by atoms with Crippen molar-refractivity contribution in [3.8, 4) is 0 Å². The molecule has 1 aliphatic rings. The third kappa shape index (κ3) is 1.92. The van der Waals surface area contributed by atoms with E-state index < -0.39 is 3.92 Å². The maximum atomic E-state index is 5.54. The van der Waals surface area contributed by atoms with Crippen LogP contribution in [0.2, 0.25) is 0 Å². The van der Waals surface area contributed by atoms with Gasteiger partial charge >= 0.3 is 0 Å². The molecule has 0 N–H and O–H groups in total. The third-order valence-corrected chi connectivity index (χ3v) is 1.80. The van der Waals surface area contributed by atoms with Gasteiger partial charge in [-0.15, -0.1) is 0 Å². The number of rotatable bonds is 0. The van der Waals surface area contributed by atoms with Gasteiger partial charge in [0.05, 0.1) is 0 Å². The van der Waals surface area contributed by atoms with Crippen LogP contribution in [0.15, 0.2) is 12.3 Å². The highest BCUT2D eigenvalue weighted by atomic mass is 35.6. The molecule has 1 aliphatic heterocycles. The first-order valence-electron chi connectivity index (χ1n) is 2.61. The summed E-state index contributed by atoms with van der Waals surface area (Å²) in [6.45, 7) is 0.802. The van der Waals surface area contributed by atoms with Crippen molar-refractivity contribution in [2.45, 2.75) is 10.3 Å². The van der Waals surface area contributed by atoms with Gasteiger partial charge in [-0.2, -0.15) is 0 Å². The van der Waals surface area contributed by atoms with Crippen LogP contribution in [0.25, 0.3) is 0 Å². The first-order chi connectivity index (χ1) is 4.11. The number of hydrogen-bond donors (Lipinski definition) is 0. The molecule has 0 aromatic rings. The van der Waals surface area contributed by atoms with Crippen molar-refractivity contribution in [1.29, 1.82) is 0 Å². The van der Waals surface area contributed by atoms with Crippen molar-refractivity contribution in [2.24, 2.45) is 0 Å². The summed E-state index contributed by atoms with van der Waals surface area (Å²) in [7, 11) is 0. The van der Waals surface area contributed by atoms with Gasteiger partial charge in [-0.05, 0) is 12.6 Å². The molecule has 0 bridgehead atoms. The van der Waals surface area contributed by atoms with Crippen LogP contribution in [0.1, 0.15) is 6.42 Å². The largest absolute Gasteiger partial charge is 0.334 e. The van der Waals surface area contributed by atoms with Crippen LogP contribution < -0.4 is 0 Å². The topological polar surface area (TPSA) is 3.24 Å². The molecule has 0 saturated carbocycles. The summed E-state index contributed by atoms with van der Waals surface area (Å²) in [6, 6.07) is 0. The Hall–Kier alpha value is 0.410. The zero-order valence-electron chi connectivity index (χ0n) is 4.65. The van der Waals surface area contributed by atoms with Gasteiger partial charge in [-0.3, -0.25) is 0 Å². The zero-order valence-corrected chi connectivity index (χ0v) is 6.92. The normalized spacial score (nSPS) is 19.2. The smallest absolute Gasteiger partial charge is 0.267 e. The molecule has 0 amide bonds. The Kier molecular flexibility index (Phi) is 2.14. The van der Waals surface area contributed by atoms with E-state index in [2.05, 4.69) is 0 Å². The maximum absolute atomic E-state index is 5.54. The molecule has 0 aromatic carbocycles. The average molecular weight is 186 g/mol. The molecule has 0 aromatic heterocycles. The van der Waals surface area contributed by atoms with E-state index in [1.165, 1.54) is 0 Å². The average Bonchev–Trinajstić information content (AvgIpc) is 2.08. The Bertz CT molecular complexity index is 127. The minimum Gasteiger partial charge on any atom is -0.334 e. The molecule has 0 fully saturated rings. The van der Waals surface area contributed by atoms with Crippen LogP contribution in [0.4, 0.5) is 0 Å². The molecule has 1 heterocycles. The summed E-state index contributed by atoms with van der Waals surface area (Å²) in [5, 5.41) is 0. The molecule has 0 spiro atoms. The highest BCUT2D eigenvalue weighted by Gasteiger charge is 2.27. The van der Waals surface area contributed by atoms with Gasteiger partial charge in [0.25, 0.3) is 3.92 Å². The first kappa shape index (κ1) is 7.52. The minimum atomic E-state index is -1.26. The SMILES string of the molecule is ClC(Cl)(Cl)N1C=CCC1. The van der Waals surface area contributed by atoms with Crippen molar-refractivity contribution in [1.82, 2.24) is 4.90 Å². The number of hydrogen-bond acceptors (Lipinski definition) is 1. The molecule has 0 saturated heterocycles. The van der Waals surface area contributed by atoms with Crippen LogP contribution in [0.5, 0.6) is 0 Å². The summed E-state index contributed by atoms with van der Waals surface area (Å²) in [6.07, 6.45) is 4.74. The number of alkyl halides is 3. The summed E-state index contributed by atoms with van der Waals surface area (Å²) >= 11 is 16.6. The van der Waals surface area contributed by atoms with Crippen LogP contribution in [0.3, 0.4) is 0 Å². The second kappa shape index (κ2) is 2.57. The highest BCUT2D eigenvalue weighted by molar-refractivity contribution is 6.67. The highest BCUT2D eigenvalue weighted by Crippen LogP contribution is 2.32. The summed E-state index contributed by atoms with van der Waals surface area (Å²) in [4.78, 5) is 1.66. The summed E-state index contributed by atoms with van der Waals surface area (Å²) in [5.41, 5.74) is 0. The van der Waals surface area contributed by atoms with Gasteiger partial charge in [-0.1, -0.05) is 40.9 Å². The molecule has 9 heavy (non-hydrogen) atoms. The Balaban J connectivity index is 2.53. The Morgan fingerprint density at radius 3 is 2.22 bits per heavy atom. The van der Waals surface area contributed by atoms with Crippen molar-refractivity contribution >= 4 is 34.8 Å². The van der Waals surface area contributed by atoms with Gasteiger partial charge in [-0.25, -0.2) is 0 Å². The van der Waals surface area contributed by atoms with E-state index in [4.69, 9.17) is 34.8 Å². The fourth-order valence-electron chi connectivity index (χ4n) is 0.701. The monoisotopic (exact) mass is 185 g/mol. The number of nitrogens with zero attached hydrogens (tertiary/aromatic N) is 1. The van der Waals surface area contributed by atoms with Crippen LogP contribution >= 0.6 is 34.8 Å². The van der Waals surface area contributed by atoms with Gasteiger partial charge in [0.15, 0.2) is 0 Å². The maximum Gasteiger partial charge on any atom is 0.267 e. The van der Waals surface area contributed by atoms with Crippen LogP contribution in [-0.2, 0) is 0 Å². The van der Waals surface area contributed by atoms with Crippen LogP contribution in [-0.4, -0.2) is 15.4 Å². The number of halogens is 3. The van der Waals surface area contributed by atoms with Gasteiger partial charge < -0.3 is 4.90 Å². The van der Waals surface area contributed by atoms with E-state index in [1.54, 1.807) is 11.1 Å².